The number of halogens is 1. The Morgan fingerprint density at radius 1 is 0.971 bits per heavy atom. The molecule has 180 valence electrons. The second kappa shape index (κ2) is 10.5. The summed E-state index contributed by atoms with van der Waals surface area (Å²) in [4.78, 5) is 28.3. The van der Waals surface area contributed by atoms with Crippen molar-refractivity contribution in [3.8, 4) is 0 Å². The van der Waals surface area contributed by atoms with Crippen LogP contribution in [0.15, 0.2) is 41.8 Å². The normalized spacial score (nSPS) is 18.2. The van der Waals surface area contributed by atoms with Crippen molar-refractivity contribution in [2.24, 2.45) is 5.92 Å². The van der Waals surface area contributed by atoms with Gasteiger partial charge in [0.1, 0.15) is 5.69 Å². The number of carbonyl (C=O) groups excluding carboxylic acids is 2. The summed E-state index contributed by atoms with van der Waals surface area (Å²) in [6.45, 7) is 1.88. The van der Waals surface area contributed by atoms with Gasteiger partial charge in [0.2, 0.25) is 5.91 Å². The Balaban J connectivity index is 1.25. The van der Waals surface area contributed by atoms with E-state index in [-0.39, 0.29) is 17.7 Å². The molecule has 5 rings (SSSR count). The maximum Gasteiger partial charge on any atom is 0.270 e. The molecule has 2 aromatic heterocycles. The quantitative estimate of drug-likeness (QED) is 0.433. The molecule has 0 bridgehead atoms. The Bertz CT molecular complexity index is 1140. The number of nitrogens with one attached hydrogen (secondary N) is 1. The zero-order chi connectivity index (χ0) is 23.5. The van der Waals surface area contributed by atoms with Crippen LogP contribution in [0.2, 0.25) is 5.02 Å². The molecule has 0 radical (unpaired) electrons. The highest BCUT2D eigenvalue weighted by molar-refractivity contribution is 7.17. The number of fused-ring (bicyclic) bond motifs is 1. The largest absolute Gasteiger partial charge is 0.353 e. The summed E-state index contributed by atoms with van der Waals surface area (Å²) in [5, 5.41) is 6.08. The van der Waals surface area contributed by atoms with E-state index in [0.717, 1.165) is 47.2 Å². The molecule has 2 fully saturated rings. The van der Waals surface area contributed by atoms with Crippen LogP contribution in [0.3, 0.4) is 0 Å². The molecule has 2 amide bonds. The third-order valence-corrected chi connectivity index (χ3v) is 8.46. The lowest BCUT2D eigenvalue weighted by Gasteiger charge is -2.32. The first-order chi connectivity index (χ1) is 16.6. The summed E-state index contributed by atoms with van der Waals surface area (Å²) >= 11 is 7.71. The predicted octanol–water partition coefficient (Wildman–Crippen LogP) is 6.10. The summed E-state index contributed by atoms with van der Waals surface area (Å²) < 4.78 is 3.23. The number of nitrogens with zero attached hydrogens (tertiary/aromatic N) is 2. The Labute approximate surface area is 210 Å². The van der Waals surface area contributed by atoms with Crippen molar-refractivity contribution < 1.29 is 9.59 Å². The highest BCUT2D eigenvalue weighted by atomic mass is 35.5. The minimum atomic E-state index is 0.0108. The summed E-state index contributed by atoms with van der Waals surface area (Å²) in [5.74, 6) is 0.252. The molecule has 7 heteroatoms. The molecule has 0 atom stereocenters. The Kier molecular flexibility index (Phi) is 7.26. The second-order valence-corrected chi connectivity index (χ2v) is 11.1. The number of hydrogen-bond donors (Lipinski definition) is 1. The maximum absolute atomic E-state index is 13.6. The van der Waals surface area contributed by atoms with E-state index in [2.05, 4.69) is 21.3 Å². The van der Waals surface area contributed by atoms with Crippen molar-refractivity contribution >= 4 is 45.0 Å². The Hall–Kier alpha value is -2.31. The Morgan fingerprint density at radius 2 is 1.68 bits per heavy atom. The van der Waals surface area contributed by atoms with Crippen LogP contribution in [0.4, 0.5) is 0 Å². The lowest BCUT2D eigenvalue weighted by molar-refractivity contribution is -0.127. The van der Waals surface area contributed by atoms with Gasteiger partial charge in [-0.25, -0.2) is 0 Å². The highest BCUT2D eigenvalue weighted by Crippen LogP contribution is 2.29. The van der Waals surface area contributed by atoms with Gasteiger partial charge in [-0.2, -0.15) is 0 Å². The molecule has 3 heterocycles. The molecule has 1 saturated carbocycles. The number of amides is 2. The molecule has 1 aliphatic carbocycles. The van der Waals surface area contributed by atoms with Crippen molar-refractivity contribution in [1.29, 1.82) is 0 Å². The monoisotopic (exact) mass is 497 g/mol. The summed E-state index contributed by atoms with van der Waals surface area (Å²) in [6.07, 6.45) is 8.66. The number of thiophene rings is 1. The van der Waals surface area contributed by atoms with Gasteiger partial charge >= 0.3 is 0 Å². The first kappa shape index (κ1) is 23.4. The lowest BCUT2D eigenvalue weighted by Crippen LogP contribution is -2.45. The van der Waals surface area contributed by atoms with Gasteiger partial charge in [-0.1, -0.05) is 49.4 Å². The minimum Gasteiger partial charge on any atom is -0.353 e. The molecule has 0 spiro atoms. The van der Waals surface area contributed by atoms with E-state index >= 15 is 0 Å². The molecule has 1 aromatic carbocycles. The zero-order valence-corrected chi connectivity index (χ0v) is 21.0. The second-order valence-electron chi connectivity index (χ2n) is 9.68. The molecular formula is C27H32ClN3O2S. The minimum absolute atomic E-state index is 0.0108. The van der Waals surface area contributed by atoms with Crippen LogP contribution in [-0.4, -0.2) is 40.4 Å². The van der Waals surface area contributed by atoms with Gasteiger partial charge in [-0.3, -0.25) is 9.59 Å². The molecule has 34 heavy (non-hydrogen) atoms. The van der Waals surface area contributed by atoms with Crippen LogP contribution >= 0.6 is 22.9 Å². The van der Waals surface area contributed by atoms with Crippen LogP contribution in [-0.2, 0) is 11.3 Å². The van der Waals surface area contributed by atoms with E-state index in [1.54, 1.807) is 11.3 Å². The maximum atomic E-state index is 13.6. The van der Waals surface area contributed by atoms with Crippen molar-refractivity contribution in [3.63, 3.8) is 0 Å². The zero-order valence-electron chi connectivity index (χ0n) is 19.5. The van der Waals surface area contributed by atoms with Crippen LogP contribution in [0, 0.1) is 5.92 Å². The van der Waals surface area contributed by atoms with Crippen molar-refractivity contribution in [2.45, 2.75) is 64.0 Å². The molecule has 1 saturated heterocycles. The summed E-state index contributed by atoms with van der Waals surface area (Å²) in [6, 6.07) is 12.2. The molecule has 3 aromatic rings. The molecule has 1 aliphatic heterocycles. The van der Waals surface area contributed by atoms with Gasteiger partial charge in [-0.05, 0) is 60.9 Å². The number of hydrogen-bond acceptors (Lipinski definition) is 3. The van der Waals surface area contributed by atoms with Crippen LogP contribution in [0.25, 0.3) is 10.2 Å². The van der Waals surface area contributed by atoms with Crippen LogP contribution in [0.1, 0.15) is 67.4 Å². The van der Waals surface area contributed by atoms with Crippen molar-refractivity contribution in [3.05, 3.63) is 58.1 Å². The summed E-state index contributed by atoms with van der Waals surface area (Å²) in [7, 11) is 0. The van der Waals surface area contributed by atoms with Gasteiger partial charge in [0.05, 0.1) is 10.2 Å². The molecule has 0 unspecified atom stereocenters. The number of aromatic nitrogens is 1. The fourth-order valence-electron chi connectivity index (χ4n) is 5.35. The first-order valence-electron chi connectivity index (χ1n) is 12.5. The average Bonchev–Trinajstić information content (AvgIpc) is 3.34. The molecule has 1 N–H and O–H groups in total. The third kappa shape index (κ3) is 5.18. The molecule has 5 nitrogen and oxygen atoms in total. The third-order valence-electron chi connectivity index (χ3n) is 7.35. The van der Waals surface area contributed by atoms with E-state index in [9.17, 15) is 9.59 Å². The first-order valence-corrected chi connectivity index (χ1v) is 13.7. The number of rotatable bonds is 5. The number of carbonyl (C=O) groups is 2. The lowest BCUT2D eigenvalue weighted by atomic mass is 9.95. The smallest absolute Gasteiger partial charge is 0.270 e. The van der Waals surface area contributed by atoms with Gasteiger partial charge in [0.15, 0.2) is 0 Å². The fourth-order valence-corrected chi connectivity index (χ4v) is 6.29. The van der Waals surface area contributed by atoms with Gasteiger partial charge in [0.25, 0.3) is 5.91 Å². The SMILES string of the molecule is O=C(NC1CCCCCC1)C1CCN(C(=O)c2cc3sccc3n2Cc2ccc(Cl)cc2)CC1. The Morgan fingerprint density at radius 3 is 2.38 bits per heavy atom. The van der Waals surface area contributed by atoms with Crippen molar-refractivity contribution in [1.82, 2.24) is 14.8 Å². The van der Waals surface area contributed by atoms with Crippen molar-refractivity contribution in [2.75, 3.05) is 13.1 Å². The van der Waals surface area contributed by atoms with Gasteiger partial charge in [-0.15, -0.1) is 11.3 Å². The van der Waals surface area contributed by atoms with E-state index in [1.165, 1.54) is 25.7 Å². The molecule has 2 aliphatic rings. The van der Waals surface area contributed by atoms with E-state index in [4.69, 9.17) is 11.6 Å². The van der Waals surface area contributed by atoms with Crippen LogP contribution < -0.4 is 5.32 Å². The average molecular weight is 498 g/mol. The predicted molar refractivity (Wildman–Crippen MR) is 139 cm³/mol. The number of piperidine rings is 1. The van der Waals surface area contributed by atoms with E-state index < -0.39 is 0 Å². The standard InChI is InChI=1S/C27H32ClN3O2S/c28-21-9-7-19(8-10-21)18-31-23-13-16-34-25(23)17-24(31)27(33)30-14-11-20(12-15-30)26(32)29-22-5-3-1-2-4-6-22/h7-10,13,16-17,20,22H,1-6,11-12,14-15,18H2,(H,29,32). The highest BCUT2D eigenvalue weighted by Gasteiger charge is 2.30. The van der Waals surface area contributed by atoms with E-state index in [1.807, 2.05) is 35.2 Å². The van der Waals surface area contributed by atoms with Crippen LogP contribution in [0.5, 0.6) is 0 Å². The van der Waals surface area contributed by atoms with E-state index in [0.29, 0.717) is 30.7 Å². The van der Waals surface area contributed by atoms with Gasteiger partial charge < -0.3 is 14.8 Å². The number of benzene rings is 1. The fraction of sp³-hybridized carbons (Fsp3) is 0.481. The van der Waals surface area contributed by atoms with Gasteiger partial charge in [0, 0.05) is 36.6 Å². The number of likely N-dealkylation sites (tertiary alicyclic amines) is 1. The summed E-state index contributed by atoms with van der Waals surface area (Å²) in [5.41, 5.74) is 2.91. The topological polar surface area (TPSA) is 54.3 Å². The molecular weight excluding hydrogens is 466 g/mol.